The van der Waals surface area contributed by atoms with Crippen LogP contribution in [0.15, 0.2) is 24.3 Å². The topological polar surface area (TPSA) is 29.1 Å². The van der Waals surface area contributed by atoms with E-state index in [0.29, 0.717) is 18.3 Å². The molecule has 120 valence electrons. The number of benzene rings is 1. The molecule has 2 bridgehead atoms. The predicted octanol–water partition coefficient (Wildman–Crippen LogP) is 4.15. The van der Waals surface area contributed by atoms with Gasteiger partial charge in [0, 0.05) is 13.0 Å². The Kier molecular flexibility index (Phi) is 4.15. The molecule has 0 aliphatic heterocycles. The molecule has 1 N–H and O–H groups in total. The van der Waals surface area contributed by atoms with E-state index in [2.05, 4.69) is 5.32 Å². The standard InChI is InChI=1S/C17H20F3NO/c18-17(19,20)15-4-2-1-3-13(15)10-21-16(22)9-14-8-11-5-6-12(14)7-11/h1-4,11-12,14H,5-10H2,(H,21,22)/t11-,12-,14-/m0/s1. The lowest BCUT2D eigenvalue weighted by Crippen LogP contribution is -2.27. The van der Waals surface area contributed by atoms with Gasteiger partial charge in [-0.15, -0.1) is 0 Å². The van der Waals surface area contributed by atoms with Gasteiger partial charge < -0.3 is 5.32 Å². The van der Waals surface area contributed by atoms with Gasteiger partial charge in [0.2, 0.25) is 5.91 Å². The molecule has 0 spiro atoms. The van der Waals surface area contributed by atoms with Gasteiger partial charge in [0.15, 0.2) is 0 Å². The number of carbonyl (C=O) groups is 1. The Balaban J connectivity index is 1.55. The SMILES string of the molecule is O=C(C[C@@H]1C[C@H]2CC[C@H]1C2)NCc1ccccc1C(F)(F)F. The number of hydrogen-bond donors (Lipinski definition) is 1. The van der Waals surface area contributed by atoms with Gasteiger partial charge in [-0.05, 0) is 48.6 Å². The fourth-order valence-corrected chi connectivity index (χ4v) is 4.08. The van der Waals surface area contributed by atoms with Gasteiger partial charge in [0.05, 0.1) is 5.56 Å². The summed E-state index contributed by atoms with van der Waals surface area (Å²) in [7, 11) is 0. The highest BCUT2D eigenvalue weighted by atomic mass is 19.4. The zero-order chi connectivity index (χ0) is 15.7. The molecule has 0 aromatic heterocycles. The Hall–Kier alpha value is -1.52. The molecule has 3 rings (SSSR count). The van der Waals surface area contributed by atoms with E-state index in [0.717, 1.165) is 18.4 Å². The molecule has 0 radical (unpaired) electrons. The summed E-state index contributed by atoms with van der Waals surface area (Å²) in [5, 5.41) is 2.66. The third-order valence-corrected chi connectivity index (χ3v) is 5.13. The van der Waals surface area contributed by atoms with Crippen molar-refractivity contribution in [3.63, 3.8) is 0 Å². The second-order valence-corrected chi connectivity index (χ2v) is 6.57. The van der Waals surface area contributed by atoms with Crippen LogP contribution in [0.25, 0.3) is 0 Å². The lowest BCUT2D eigenvalue weighted by Gasteiger charge is -2.21. The lowest BCUT2D eigenvalue weighted by atomic mass is 9.86. The number of hydrogen-bond acceptors (Lipinski definition) is 1. The van der Waals surface area contributed by atoms with Crippen molar-refractivity contribution in [1.29, 1.82) is 0 Å². The van der Waals surface area contributed by atoms with Crippen molar-refractivity contribution in [2.45, 2.75) is 44.8 Å². The molecule has 22 heavy (non-hydrogen) atoms. The van der Waals surface area contributed by atoms with Gasteiger partial charge in [-0.1, -0.05) is 24.6 Å². The summed E-state index contributed by atoms with van der Waals surface area (Å²) in [5.41, 5.74) is -0.550. The van der Waals surface area contributed by atoms with Crippen LogP contribution in [0.4, 0.5) is 13.2 Å². The maximum absolute atomic E-state index is 12.9. The molecule has 5 heteroatoms. The van der Waals surface area contributed by atoms with Gasteiger partial charge >= 0.3 is 6.18 Å². The second kappa shape index (κ2) is 5.94. The van der Waals surface area contributed by atoms with Crippen LogP contribution in [0, 0.1) is 17.8 Å². The fourth-order valence-electron chi connectivity index (χ4n) is 4.08. The minimum atomic E-state index is -4.38. The van der Waals surface area contributed by atoms with E-state index < -0.39 is 11.7 Å². The highest BCUT2D eigenvalue weighted by Gasteiger charge is 2.40. The first kappa shape index (κ1) is 15.4. The van der Waals surface area contributed by atoms with Crippen molar-refractivity contribution >= 4 is 5.91 Å². The molecule has 0 saturated heterocycles. The van der Waals surface area contributed by atoms with E-state index >= 15 is 0 Å². The van der Waals surface area contributed by atoms with Gasteiger partial charge in [-0.25, -0.2) is 0 Å². The molecule has 2 nitrogen and oxygen atoms in total. The summed E-state index contributed by atoms with van der Waals surface area (Å²) >= 11 is 0. The average Bonchev–Trinajstić information content (AvgIpc) is 3.07. The van der Waals surface area contributed by atoms with Crippen molar-refractivity contribution in [1.82, 2.24) is 5.32 Å². The third kappa shape index (κ3) is 3.28. The Morgan fingerprint density at radius 1 is 1.18 bits per heavy atom. The minimum Gasteiger partial charge on any atom is -0.352 e. The first-order chi connectivity index (χ1) is 10.4. The van der Waals surface area contributed by atoms with Crippen molar-refractivity contribution in [2.24, 2.45) is 17.8 Å². The van der Waals surface area contributed by atoms with Crippen molar-refractivity contribution in [2.75, 3.05) is 0 Å². The zero-order valence-electron chi connectivity index (χ0n) is 12.3. The van der Waals surface area contributed by atoms with E-state index in [1.807, 2.05) is 0 Å². The number of alkyl halides is 3. The highest BCUT2D eigenvalue weighted by Crippen LogP contribution is 2.49. The molecular formula is C17H20F3NO. The van der Waals surface area contributed by atoms with Gasteiger partial charge in [-0.3, -0.25) is 4.79 Å². The van der Waals surface area contributed by atoms with E-state index in [1.54, 1.807) is 6.07 Å². The maximum Gasteiger partial charge on any atom is 0.416 e. The zero-order valence-corrected chi connectivity index (χ0v) is 12.3. The average molecular weight is 311 g/mol. The summed E-state index contributed by atoms with van der Waals surface area (Å²) < 4.78 is 38.7. The van der Waals surface area contributed by atoms with Crippen LogP contribution in [-0.4, -0.2) is 5.91 Å². The molecule has 2 aliphatic carbocycles. The van der Waals surface area contributed by atoms with E-state index in [1.165, 1.54) is 31.4 Å². The maximum atomic E-state index is 12.9. The molecule has 0 heterocycles. The summed E-state index contributed by atoms with van der Waals surface area (Å²) in [6.07, 6.45) is 0.897. The quantitative estimate of drug-likeness (QED) is 0.889. The molecular weight excluding hydrogens is 291 g/mol. The van der Waals surface area contributed by atoms with E-state index in [4.69, 9.17) is 0 Å². The van der Waals surface area contributed by atoms with Crippen molar-refractivity contribution < 1.29 is 18.0 Å². The van der Waals surface area contributed by atoms with Crippen LogP contribution in [0.3, 0.4) is 0 Å². The Morgan fingerprint density at radius 2 is 1.95 bits per heavy atom. The second-order valence-electron chi connectivity index (χ2n) is 6.57. The van der Waals surface area contributed by atoms with Crippen LogP contribution in [0.5, 0.6) is 0 Å². The molecule has 2 saturated carbocycles. The number of rotatable bonds is 4. The van der Waals surface area contributed by atoms with Crippen LogP contribution >= 0.6 is 0 Å². The van der Waals surface area contributed by atoms with Crippen LogP contribution in [0.2, 0.25) is 0 Å². The number of fused-ring (bicyclic) bond motifs is 2. The van der Waals surface area contributed by atoms with Crippen LogP contribution in [-0.2, 0) is 17.5 Å². The normalized spacial score (nSPS) is 27.1. The molecule has 1 aromatic carbocycles. The number of halogens is 3. The Labute approximate surface area is 128 Å². The monoisotopic (exact) mass is 311 g/mol. The first-order valence-corrected chi connectivity index (χ1v) is 7.85. The fraction of sp³-hybridized carbons (Fsp3) is 0.588. The molecule has 2 aliphatic rings. The van der Waals surface area contributed by atoms with Crippen LogP contribution < -0.4 is 5.32 Å². The van der Waals surface area contributed by atoms with Crippen molar-refractivity contribution in [3.8, 4) is 0 Å². The number of nitrogens with one attached hydrogen (secondary N) is 1. The molecule has 1 amide bonds. The minimum absolute atomic E-state index is 0.0602. The molecule has 3 atom stereocenters. The first-order valence-electron chi connectivity index (χ1n) is 7.85. The molecule has 0 unspecified atom stereocenters. The summed E-state index contributed by atoms with van der Waals surface area (Å²) in [5.74, 6) is 1.72. The number of amides is 1. The van der Waals surface area contributed by atoms with Crippen molar-refractivity contribution in [3.05, 3.63) is 35.4 Å². The largest absolute Gasteiger partial charge is 0.416 e. The highest BCUT2D eigenvalue weighted by molar-refractivity contribution is 5.76. The van der Waals surface area contributed by atoms with E-state index in [-0.39, 0.29) is 18.0 Å². The summed E-state index contributed by atoms with van der Waals surface area (Å²) in [4.78, 5) is 12.0. The van der Waals surface area contributed by atoms with Gasteiger partial charge in [0.1, 0.15) is 0 Å². The summed E-state index contributed by atoms with van der Waals surface area (Å²) in [6, 6.07) is 5.40. The van der Waals surface area contributed by atoms with E-state index in [9.17, 15) is 18.0 Å². The third-order valence-electron chi connectivity index (χ3n) is 5.13. The molecule has 2 fully saturated rings. The number of carbonyl (C=O) groups excluding carboxylic acids is 1. The smallest absolute Gasteiger partial charge is 0.352 e. The molecule has 1 aromatic rings. The summed E-state index contributed by atoms with van der Waals surface area (Å²) in [6.45, 7) is -0.0602. The lowest BCUT2D eigenvalue weighted by molar-refractivity contribution is -0.138. The Morgan fingerprint density at radius 3 is 2.59 bits per heavy atom. The predicted molar refractivity (Wildman–Crippen MR) is 76.8 cm³/mol. The Bertz CT molecular complexity index is 555. The van der Waals surface area contributed by atoms with Crippen LogP contribution in [0.1, 0.15) is 43.2 Å². The van der Waals surface area contributed by atoms with Gasteiger partial charge in [-0.2, -0.15) is 13.2 Å². The van der Waals surface area contributed by atoms with Gasteiger partial charge in [0.25, 0.3) is 0 Å².